The van der Waals surface area contributed by atoms with E-state index in [0.29, 0.717) is 25.9 Å². The second-order valence-corrected chi connectivity index (χ2v) is 6.74. The molecule has 0 radical (unpaired) electrons. The maximum Gasteiger partial charge on any atom is 0.307 e. The SMILES string of the molecule is CCC(C)OC(=O)CCN(CCC(=O)OC(C)CC)c1cccc(C)c1. The largest absolute Gasteiger partial charge is 0.463 e. The number of anilines is 1. The van der Waals surface area contributed by atoms with E-state index in [9.17, 15) is 9.59 Å². The number of hydrogen-bond donors (Lipinski definition) is 0. The van der Waals surface area contributed by atoms with Crippen LogP contribution < -0.4 is 4.90 Å². The summed E-state index contributed by atoms with van der Waals surface area (Å²) in [6, 6.07) is 8.05. The fourth-order valence-electron chi connectivity index (χ4n) is 2.38. The Morgan fingerprint density at radius 2 is 1.46 bits per heavy atom. The van der Waals surface area contributed by atoms with Gasteiger partial charge in [0.05, 0.1) is 25.0 Å². The van der Waals surface area contributed by atoms with E-state index in [0.717, 1.165) is 24.1 Å². The van der Waals surface area contributed by atoms with Crippen LogP contribution in [-0.4, -0.2) is 37.2 Å². The van der Waals surface area contributed by atoms with Crippen molar-refractivity contribution in [1.29, 1.82) is 0 Å². The number of carbonyl (C=O) groups is 2. The first-order valence-electron chi connectivity index (χ1n) is 9.56. The van der Waals surface area contributed by atoms with Crippen LogP contribution in [0.1, 0.15) is 58.9 Å². The quantitative estimate of drug-likeness (QED) is 0.550. The average Bonchev–Trinajstić information content (AvgIpc) is 2.61. The van der Waals surface area contributed by atoms with Gasteiger partial charge in [0.15, 0.2) is 0 Å². The molecule has 5 heteroatoms. The molecular formula is C21H33NO4. The minimum Gasteiger partial charge on any atom is -0.463 e. The Hall–Kier alpha value is -2.04. The highest BCUT2D eigenvalue weighted by atomic mass is 16.5. The minimum atomic E-state index is -0.209. The van der Waals surface area contributed by atoms with E-state index in [4.69, 9.17) is 9.47 Å². The van der Waals surface area contributed by atoms with Crippen molar-refractivity contribution in [3.8, 4) is 0 Å². The average molecular weight is 363 g/mol. The zero-order valence-electron chi connectivity index (χ0n) is 16.8. The van der Waals surface area contributed by atoms with Gasteiger partial charge in [0.1, 0.15) is 0 Å². The molecule has 5 nitrogen and oxygen atoms in total. The monoisotopic (exact) mass is 363 g/mol. The highest BCUT2D eigenvalue weighted by molar-refractivity contribution is 5.72. The van der Waals surface area contributed by atoms with Crippen molar-refractivity contribution in [2.45, 2.75) is 72.5 Å². The molecule has 0 fully saturated rings. The minimum absolute atomic E-state index is 0.0690. The Labute approximate surface area is 157 Å². The normalized spacial score (nSPS) is 13.0. The highest BCUT2D eigenvalue weighted by Crippen LogP contribution is 2.17. The summed E-state index contributed by atoms with van der Waals surface area (Å²) >= 11 is 0. The van der Waals surface area contributed by atoms with Crippen molar-refractivity contribution in [3.63, 3.8) is 0 Å². The number of aryl methyl sites for hydroxylation is 1. The van der Waals surface area contributed by atoms with E-state index in [-0.39, 0.29) is 24.1 Å². The van der Waals surface area contributed by atoms with Crippen LogP contribution >= 0.6 is 0 Å². The zero-order chi connectivity index (χ0) is 19.5. The first kappa shape index (κ1) is 22.0. The van der Waals surface area contributed by atoms with E-state index < -0.39 is 0 Å². The van der Waals surface area contributed by atoms with Crippen LogP contribution in [0.15, 0.2) is 24.3 Å². The molecule has 0 bridgehead atoms. The molecular weight excluding hydrogens is 330 g/mol. The molecule has 0 heterocycles. The van der Waals surface area contributed by atoms with Crippen molar-refractivity contribution in [1.82, 2.24) is 0 Å². The Balaban J connectivity index is 2.68. The lowest BCUT2D eigenvalue weighted by Crippen LogP contribution is -2.30. The summed E-state index contributed by atoms with van der Waals surface area (Å²) in [5.74, 6) is -0.418. The van der Waals surface area contributed by atoms with Crippen molar-refractivity contribution in [2.75, 3.05) is 18.0 Å². The van der Waals surface area contributed by atoms with Gasteiger partial charge >= 0.3 is 11.9 Å². The summed E-state index contributed by atoms with van der Waals surface area (Å²) in [6.45, 7) is 10.8. The van der Waals surface area contributed by atoms with Gasteiger partial charge in [-0.05, 0) is 51.3 Å². The summed E-state index contributed by atoms with van der Waals surface area (Å²) in [7, 11) is 0. The Kier molecular flexibility index (Phi) is 9.78. The number of rotatable bonds is 11. The number of carbonyl (C=O) groups excluding carboxylic acids is 2. The lowest BCUT2D eigenvalue weighted by Gasteiger charge is -2.25. The van der Waals surface area contributed by atoms with Crippen molar-refractivity contribution >= 4 is 17.6 Å². The van der Waals surface area contributed by atoms with Gasteiger partial charge in [0, 0.05) is 18.8 Å². The topological polar surface area (TPSA) is 55.8 Å². The third-order valence-corrected chi connectivity index (χ3v) is 4.35. The lowest BCUT2D eigenvalue weighted by atomic mass is 10.2. The van der Waals surface area contributed by atoms with E-state index in [1.54, 1.807) is 0 Å². The van der Waals surface area contributed by atoms with Gasteiger partial charge in [-0.15, -0.1) is 0 Å². The molecule has 0 aliphatic heterocycles. The summed E-state index contributed by atoms with van der Waals surface area (Å²) in [4.78, 5) is 26.0. The summed E-state index contributed by atoms with van der Waals surface area (Å²) in [5, 5.41) is 0. The standard InChI is InChI=1S/C21H33NO4/c1-6-17(4)25-20(23)11-13-22(19-10-8-9-16(3)15-19)14-12-21(24)26-18(5)7-2/h8-10,15,17-18H,6-7,11-14H2,1-5H3. The van der Waals surface area contributed by atoms with Crippen molar-refractivity contribution in [2.24, 2.45) is 0 Å². The summed E-state index contributed by atoms with van der Waals surface area (Å²) in [5.41, 5.74) is 2.13. The maximum atomic E-state index is 12.0. The van der Waals surface area contributed by atoms with Crippen molar-refractivity contribution in [3.05, 3.63) is 29.8 Å². The zero-order valence-corrected chi connectivity index (χ0v) is 16.8. The van der Waals surface area contributed by atoms with Gasteiger partial charge in [0.25, 0.3) is 0 Å². The summed E-state index contributed by atoms with van der Waals surface area (Å²) in [6.07, 6.45) is 2.04. The molecule has 0 aliphatic rings. The van der Waals surface area contributed by atoms with Gasteiger partial charge in [-0.2, -0.15) is 0 Å². The van der Waals surface area contributed by atoms with Gasteiger partial charge in [-0.1, -0.05) is 26.0 Å². The van der Waals surface area contributed by atoms with Crippen LogP contribution in [0.4, 0.5) is 5.69 Å². The molecule has 0 spiro atoms. The third-order valence-electron chi connectivity index (χ3n) is 4.35. The van der Waals surface area contributed by atoms with Crippen LogP contribution in [0.25, 0.3) is 0 Å². The fraction of sp³-hybridized carbons (Fsp3) is 0.619. The molecule has 1 aromatic carbocycles. The smallest absolute Gasteiger partial charge is 0.307 e. The Bertz CT molecular complexity index is 545. The molecule has 0 aromatic heterocycles. The highest BCUT2D eigenvalue weighted by Gasteiger charge is 2.15. The molecule has 1 rings (SSSR count). The molecule has 0 saturated carbocycles. The molecule has 2 unspecified atom stereocenters. The van der Waals surface area contributed by atoms with E-state index in [1.165, 1.54) is 0 Å². The lowest BCUT2D eigenvalue weighted by molar-refractivity contribution is -0.148. The number of nitrogens with zero attached hydrogens (tertiary/aromatic N) is 1. The second kappa shape index (κ2) is 11.6. The Morgan fingerprint density at radius 3 is 1.88 bits per heavy atom. The van der Waals surface area contributed by atoms with Crippen LogP contribution in [0.3, 0.4) is 0 Å². The fourth-order valence-corrected chi connectivity index (χ4v) is 2.38. The van der Waals surface area contributed by atoms with E-state index in [1.807, 2.05) is 57.7 Å². The third kappa shape index (κ3) is 8.37. The number of hydrogen-bond acceptors (Lipinski definition) is 5. The van der Waals surface area contributed by atoms with E-state index >= 15 is 0 Å². The van der Waals surface area contributed by atoms with Gasteiger partial charge in [0.2, 0.25) is 0 Å². The number of esters is 2. The molecule has 2 atom stereocenters. The molecule has 0 saturated heterocycles. The molecule has 1 aromatic rings. The molecule has 146 valence electrons. The number of benzene rings is 1. The Morgan fingerprint density at radius 1 is 0.962 bits per heavy atom. The van der Waals surface area contributed by atoms with Crippen LogP contribution in [0.5, 0.6) is 0 Å². The summed E-state index contributed by atoms with van der Waals surface area (Å²) < 4.78 is 10.7. The van der Waals surface area contributed by atoms with E-state index in [2.05, 4.69) is 6.07 Å². The van der Waals surface area contributed by atoms with Crippen LogP contribution in [-0.2, 0) is 19.1 Å². The first-order valence-corrected chi connectivity index (χ1v) is 9.56. The first-order chi connectivity index (χ1) is 12.3. The van der Waals surface area contributed by atoms with Crippen molar-refractivity contribution < 1.29 is 19.1 Å². The maximum absolute atomic E-state index is 12.0. The molecule has 0 N–H and O–H groups in total. The van der Waals surface area contributed by atoms with Crippen LogP contribution in [0, 0.1) is 6.92 Å². The van der Waals surface area contributed by atoms with Gasteiger partial charge in [-0.3, -0.25) is 9.59 Å². The predicted molar refractivity (Wildman–Crippen MR) is 104 cm³/mol. The molecule has 0 amide bonds. The second-order valence-electron chi connectivity index (χ2n) is 6.74. The molecule has 0 aliphatic carbocycles. The van der Waals surface area contributed by atoms with Gasteiger partial charge in [-0.25, -0.2) is 0 Å². The number of ether oxygens (including phenoxy) is 2. The predicted octanol–water partition coefficient (Wildman–Crippen LogP) is 4.27. The van der Waals surface area contributed by atoms with Crippen LogP contribution in [0.2, 0.25) is 0 Å². The molecule has 26 heavy (non-hydrogen) atoms. The van der Waals surface area contributed by atoms with Gasteiger partial charge < -0.3 is 14.4 Å².